The molecule has 0 aliphatic heterocycles. The van der Waals surface area contributed by atoms with Crippen molar-refractivity contribution in [1.29, 1.82) is 0 Å². The molecule has 0 spiro atoms. The Morgan fingerprint density at radius 2 is 1.86 bits per heavy atom. The van der Waals surface area contributed by atoms with Gasteiger partial charge in [0.15, 0.2) is 0 Å². The fraction of sp³-hybridized carbons (Fsp3) is 0.219. The Balaban J connectivity index is 1.53. The summed E-state index contributed by atoms with van der Waals surface area (Å²) >= 11 is 7.85. The van der Waals surface area contributed by atoms with E-state index in [1.54, 1.807) is 18.5 Å². The van der Waals surface area contributed by atoms with Gasteiger partial charge in [-0.1, -0.05) is 17.7 Å². The summed E-state index contributed by atoms with van der Waals surface area (Å²) in [5, 5.41) is 16.4. The normalized spacial score (nSPS) is 11.9. The van der Waals surface area contributed by atoms with Crippen LogP contribution in [0.4, 0.5) is 0 Å². The first-order valence-corrected chi connectivity index (χ1v) is 14.5. The Bertz CT molecular complexity index is 2010. The lowest BCUT2D eigenvalue weighted by Crippen LogP contribution is -2.23. The zero-order valence-electron chi connectivity index (χ0n) is 23.8. The molecule has 3 aromatic heterocycles. The van der Waals surface area contributed by atoms with Crippen molar-refractivity contribution < 1.29 is 14.6 Å². The summed E-state index contributed by atoms with van der Waals surface area (Å²) in [4.78, 5) is 26.0. The van der Waals surface area contributed by atoms with Gasteiger partial charge in [0.1, 0.15) is 28.4 Å². The van der Waals surface area contributed by atoms with E-state index in [4.69, 9.17) is 21.3 Å². The Hall–Kier alpha value is -4.34. The summed E-state index contributed by atoms with van der Waals surface area (Å²) in [6, 6.07) is 15.4. The van der Waals surface area contributed by atoms with E-state index in [0.29, 0.717) is 27.0 Å². The Morgan fingerprint density at radius 3 is 2.62 bits per heavy atom. The molecule has 0 aliphatic carbocycles. The molecule has 6 rings (SSSR count). The monoisotopic (exact) mass is 597 g/mol. The Kier molecular flexibility index (Phi) is 6.95. The van der Waals surface area contributed by atoms with Crippen LogP contribution in [0.5, 0.6) is 5.75 Å². The van der Waals surface area contributed by atoms with Crippen LogP contribution in [0, 0.1) is 6.92 Å². The van der Waals surface area contributed by atoms with Crippen molar-refractivity contribution in [3.63, 3.8) is 0 Å². The first kappa shape index (κ1) is 27.8. The predicted octanol–water partition coefficient (Wildman–Crippen LogP) is 7.74. The van der Waals surface area contributed by atoms with Gasteiger partial charge in [0, 0.05) is 34.1 Å². The summed E-state index contributed by atoms with van der Waals surface area (Å²) in [5.41, 5.74) is 6.79. The van der Waals surface area contributed by atoms with Crippen molar-refractivity contribution in [2.75, 3.05) is 0 Å². The van der Waals surface area contributed by atoms with Crippen LogP contribution in [0.3, 0.4) is 0 Å². The molecular weight excluding hydrogens is 570 g/mol. The fourth-order valence-electron chi connectivity index (χ4n) is 5.08. The van der Waals surface area contributed by atoms with Crippen LogP contribution in [-0.2, 0) is 18.3 Å². The summed E-state index contributed by atoms with van der Waals surface area (Å²) in [6.45, 7) is 7.81. The summed E-state index contributed by atoms with van der Waals surface area (Å²) < 4.78 is 9.02. The van der Waals surface area contributed by atoms with E-state index in [1.165, 1.54) is 11.3 Å². The second-order valence-corrected chi connectivity index (χ2v) is 12.6. The lowest BCUT2D eigenvalue weighted by Gasteiger charge is -2.24. The van der Waals surface area contributed by atoms with Gasteiger partial charge in [-0.25, -0.2) is 15.0 Å². The molecule has 0 saturated carbocycles. The second-order valence-electron chi connectivity index (χ2n) is 11.2. The highest BCUT2D eigenvalue weighted by molar-refractivity contribution is 7.22. The number of halogens is 1. The van der Waals surface area contributed by atoms with Gasteiger partial charge < -0.3 is 9.84 Å². The maximum Gasteiger partial charge on any atom is 0.307 e. The highest BCUT2D eigenvalue weighted by Gasteiger charge is 2.24. The number of aryl methyl sites for hydroxylation is 2. The number of carboxylic acid groups (broad SMARTS) is 1. The molecule has 42 heavy (non-hydrogen) atoms. The average molecular weight is 598 g/mol. The molecule has 0 saturated heterocycles. The number of nitrogens with zero attached hydrogens (tertiary/aromatic N) is 5. The maximum absolute atomic E-state index is 12.0. The van der Waals surface area contributed by atoms with Gasteiger partial charge in [-0.3, -0.25) is 9.48 Å². The molecule has 0 fully saturated rings. The number of carboxylic acids is 1. The zero-order chi connectivity index (χ0) is 29.8. The number of fused-ring (bicyclic) bond motifs is 2. The number of ether oxygens (including phenoxy) is 1. The van der Waals surface area contributed by atoms with Crippen LogP contribution in [0.25, 0.3) is 54.2 Å². The lowest BCUT2D eigenvalue weighted by molar-refractivity contribution is -0.136. The average Bonchev–Trinajstić information content (AvgIpc) is 3.52. The van der Waals surface area contributed by atoms with Gasteiger partial charge in [0.05, 0.1) is 34.0 Å². The molecule has 212 valence electrons. The number of hydrogen-bond donors (Lipinski definition) is 1. The number of benzene rings is 3. The minimum absolute atomic E-state index is 0.142. The molecule has 3 aromatic carbocycles. The van der Waals surface area contributed by atoms with Gasteiger partial charge >= 0.3 is 5.97 Å². The van der Waals surface area contributed by atoms with Crippen molar-refractivity contribution in [3.8, 4) is 38.8 Å². The molecule has 1 N–H and O–H groups in total. The van der Waals surface area contributed by atoms with Crippen molar-refractivity contribution in [3.05, 3.63) is 77.2 Å². The summed E-state index contributed by atoms with van der Waals surface area (Å²) in [7, 11) is 1.91. The topological polar surface area (TPSA) is 103 Å². The smallest absolute Gasteiger partial charge is 0.307 e. The molecule has 0 unspecified atom stereocenters. The Morgan fingerprint density at radius 1 is 1.07 bits per heavy atom. The summed E-state index contributed by atoms with van der Waals surface area (Å²) in [6.07, 6.45) is 3.23. The van der Waals surface area contributed by atoms with Gasteiger partial charge in [0.2, 0.25) is 0 Å². The van der Waals surface area contributed by atoms with Gasteiger partial charge in [0.25, 0.3) is 0 Å². The first-order chi connectivity index (χ1) is 20.0. The number of hydrogen-bond acceptors (Lipinski definition) is 7. The largest absolute Gasteiger partial charge is 0.487 e. The SMILES string of the molecule is Cc1cc2nc(-c3cc(-c4ccc5c(cnn5C)c4)ncn3)sc2c(-c2ccc(Cl)cc2OC(C)(C)C)c1CC(=O)O. The van der Waals surface area contributed by atoms with E-state index in [9.17, 15) is 9.90 Å². The van der Waals surface area contributed by atoms with E-state index in [1.807, 2.05) is 76.0 Å². The van der Waals surface area contributed by atoms with E-state index in [0.717, 1.165) is 49.1 Å². The Labute approximate surface area is 251 Å². The molecule has 0 amide bonds. The first-order valence-electron chi connectivity index (χ1n) is 13.3. The minimum atomic E-state index is -0.915. The molecular formula is C32H28ClN5O3S. The van der Waals surface area contributed by atoms with E-state index >= 15 is 0 Å². The molecule has 0 atom stereocenters. The maximum atomic E-state index is 12.0. The van der Waals surface area contributed by atoms with Crippen LogP contribution >= 0.6 is 22.9 Å². The fourth-order valence-corrected chi connectivity index (χ4v) is 6.34. The van der Waals surface area contributed by atoms with Crippen LogP contribution in [-0.4, -0.2) is 41.4 Å². The van der Waals surface area contributed by atoms with E-state index < -0.39 is 11.6 Å². The van der Waals surface area contributed by atoms with Crippen molar-refractivity contribution in [1.82, 2.24) is 24.7 Å². The van der Waals surface area contributed by atoms with Crippen molar-refractivity contribution in [2.24, 2.45) is 7.05 Å². The van der Waals surface area contributed by atoms with Gasteiger partial charge in [-0.15, -0.1) is 11.3 Å². The third-order valence-electron chi connectivity index (χ3n) is 6.90. The number of thiazole rings is 1. The number of aromatic nitrogens is 5. The standard InChI is InChI=1S/C32H28ClN5O3S/c1-17-10-24-30(29(22(17)13-28(39)40)21-8-7-20(33)12-27(21)41-32(2,3)4)42-31(37-24)25-14-23(34-16-35-25)18-6-9-26-19(11-18)15-36-38(26)5/h6-12,14-16H,13H2,1-5H3,(H,39,40). The third-order valence-corrected chi connectivity index (χ3v) is 8.24. The minimum Gasteiger partial charge on any atom is -0.487 e. The second kappa shape index (κ2) is 10.5. The van der Waals surface area contributed by atoms with E-state index in [2.05, 4.69) is 21.1 Å². The molecule has 0 radical (unpaired) electrons. The highest BCUT2D eigenvalue weighted by atomic mass is 35.5. The van der Waals surface area contributed by atoms with Crippen LogP contribution < -0.4 is 4.74 Å². The van der Waals surface area contributed by atoms with Gasteiger partial charge in [-0.2, -0.15) is 5.10 Å². The van der Waals surface area contributed by atoms with Crippen LogP contribution in [0.15, 0.2) is 61.1 Å². The lowest BCUT2D eigenvalue weighted by atomic mass is 9.92. The zero-order valence-corrected chi connectivity index (χ0v) is 25.3. The third kappa shape index (κ3) is 5.33. The van der Waals surface area contributed by atoms with Crippen molar-refractivity contribution in [2.45, 2.75) is 39.7 Å². The number of carbonyl (C=O) groups is 1. The van der Waals surface area contributed by atoms with Gasteiger partial charge in [-0.05, 0) is 81.3 Å². The van der Waals surface area contributed by atoms with E-state index in [-0.39, 0.29) is 6.42 Å². The summed E-state index contributed by atoms with van der Waals surface area (Å²) in [5.74, 6) is -0.333. The molecule has 6 aromatic rings. The molecule has 0 bridgehead atoms. The quantitative estimate of drug-likeness (QED) is 0.209. The molecule has 8 nitrogen and oxygen atoms in total. The predicted molar refractivity (Wildman–Crippen MR) is 167 cm³/mol. The van der Waals surface area contributed by atoms with Crippen LogP contribution in [0.2, 0.25) is 5.02 Å². The molecule has 3 heterocycles. The molecule has 0 aliphatic rings. The number of rotatable bonds is 6. The highest BCUT2D eigenvalue weighted by Crippen LogP contribution is 2.45. The molecule has 10 heteroatoms. The number of aliphatic carboxylic acids is 1. The van der Waals surface area contributed by atoms with Crippen LogP contribution in [0.1, 0.15) is 31.9 Å². The van der Waals surface area contributed by atoms with Crippen molar-refractivity contribution >= 4 is 50.0 Å².